The van der Waals surface area contributed by atoms with E-state index in [0.29, 0.717) is 36.3 Å². The number of carbonyl (C=O) groups excluding carboxylic acids is 2. The van der Waals surface area contributed by atoms with Gasteiger partial charge in [-0.1, -0.05) is 12.1 Å². The van der Waals surface area contributed by atoms with E-state index >= 15 is 0 Å². The monoisotopic (exact) mass is 420 g/mol. The second-order valence-corrected chi connectivity index (χ2v) is 10.2. The number of hydrogen-bond acceptors (Lipinski definition) is 4. The van der Waals surface area contributed by atoms with E-state index in [4.69, 9.17) is 0 Å². The average Bonchev–Trinajstić information content (AvgIpc) is 3.60. The van der Waals surface area contributed by atoms with Crippen LogP contribution in [0.15, 0.2) is 24.3 Å². The second kappa shape index (κ2) is 7.51. The fourth-order valence-corrected chi connectivity index (χ4v) is 5.24. The van der Waals surface area contributed by atoms with E-state index in [1.165, 1.54) is 0 Å². The van der Waals surface area contributed by atoms with Gasteiger partial charge in [0.2, 0.25) is 11.8 Å². The van der Waals surface area contributed by atoms with Crippen LogP contribution in [-0.4, -0.2) is 70.3 Å². The van der Waals surface area contributed by atoms with Gasteiger partial charge in [0.05, 0.1) is 11.4 Å². The molecule has 0 spiro atoms. The molecule has 0 atom stereocenters. The molecule has 8 nitrogen and oxygen atoms in total. The predicted octanol–water partition coefficient (Wildman–Crippen LogP) is 1.29. The van der Waals surface area contributed by atoms with Crippen LogP contribution in [0.4, 0.5) is 11.4 Å². The highest BCUT2D eigenvalue weighted by atomic mass is 32.2. The molecule has 0 bridgehead atoms. The molecule has 2 fully saturated rings. The number of benzene rings is 1. The van der Waals surface area contributed by atoms with Crippen molar-refractivity contribution in [2.45, 2.75) is 25.7 Å². The van der Waals surface area contributed by atoms with Crippen LogP contribution in [0.3, 0.4) is 0 Å². The van der Waals surface area contributed by atoms with Crippen molar-refractivity contribution >= 4 is 33.4 Å². The summed E-state index contributed by atoms with van der Waals surface area (Å²) in [5, 5.41) is 0. The van der Waals surface area contributed by atoms with Gasteiger partial charge in [0.1, 0.15) is 13.1 Å². The number of nitrogens with zero attached hydrogens (tertiary/aromatic N) is 4. The van der Waals surface area contributed by atoms with Crippen LogP contribution in [0, 0.1) is 11.8 Å². The van der Waals surface area contributed by atoms with Gasteiger partial charge in [-0.2, -0.15) is 8.42 Å². The fraction of sp³-hybridized carbons (Fsp3) is 0.600. The van der Waals surface area contributed by atoms with Crippen molar-refractivity contribution in [2.75, 3.05) is 48.9 Å². The van der Waals surface area contributed by atoms with E-state index in [1.54, 1.807) is 48.2 Å². The molecular formula is C20H28N4O4S. The summed E-state index contributed by atoms with van der Waals surface area (Å²) in [7, 11) is -0.575. The summed E-state index contributed by atoms with van der Waals surface area (Å²) < 4.78 is 28.7. The lowest BCUT2D eigenvalue weighted by Crippen LogP contribution is -2.47. The fourth-order valence-electron chi connectivity index (χ4n) is 3.65. The van der Waals surface area contributed by atoms with Gasteiger partial charge in [-0.3, -0.25) is 9.59 Å². The van der Waals surface area contributed by atoms with Crippen molar-refractivity contribution in [3.05, 3.63) is 24.3 Å². The molecule has 158 valence electrons. The van der Waals surface area contributed by atoms with E-state index in [0.717, 1.165) is 34.3 Å². The molecule has 9 heteroatoms. The van der Waals surface area contributed by atoms with Crippen molar-refractivity contribution in [1.29, 1.82) is 0 Å². The molecule has 0 radical (unpaired) electrons. The molecule has 2 amide bonds. The van der Waals surface area contributed by atoms with Crippen LogP contribution < -0.4 is 8.61 Å². The number of likely N-dealkylation sites (N-methyl/N-ethyl adjacent to an activating group) is 2. The summed E-state index contributed by atoms with van der Waals surface area (Å²) in [6, 6.07) is 6.84. The van der Waals surface area contributed by atoms with Crippen molar-refractivity contribution in [2.24, 2.45) is 11.8 Å². The summed E-state index contributed by atoms with van der Waals surface area (Å²) in [5.41, 5.74) is 0.886. The zero-order valence-electron chi connectivity index (χ0n) is 17.0. The lowest BCUT2D eigenvalue weighted by atomic mass is 10.2. The van der Waals surface area contributed by atoms with Crippen LogP contribution in [0.1, 0.15) is 25.7 Å². The summed E-state index contributed by atoms with van der Waals surface area (Å²) in [5.74, 6) is 0.578. The molecular weight excluding hydrogens is 392 g/mol. The molecule has 0 saturated heterocycles. The number of anilines is 2. The van der Waals surface area contributed by atoms with E-state index in [9.17, 15) is 18.0 Å². The number of hydrogen-bond donors (Lipinski definition) is 0. The molecule has 0 aromatic heterocycles. The number of fused-ring (bicyclic) bond motifs is 1. The molecule has 0 unspecified atom stereocenters. The maximum atomic E-state index is 13.2. The SMILES string of the molecule is CN(CC1CC1)C(=O)CN1c2ccccc2N(CC(=O)N(C)CC2CC2)S1(=O)=O. The number of amides is 2. The Morgan fingerprint density at radius 2 is 1.24 bits per heavy atom. The van der Waals surface area contributed by atoms with E-state index in [2.05, 4.69) is 0 Å². The summed E-state index contributed by atoms with van der Waals surface area (Å²) in [4.78, 5) is 28.5. The van der Waals surface area contributed by atoms with Gasteiger partial charge >= 0.3 is 10.2 Å². The first-order valence-electron chi connectivity index (χ1n) is 10.1. The van der Waals surface area contributed by atoms with E-state index in [-0.39, 0.29) is 24.9 Å². The minimum Gasteiger partial charge on any atom is -0.344 e. The Kier molecular flexibility index (Phi) is 5.18. The van der Waals surface area contributed by atoms with Crippen LogP contribution in [0.25, 0.3) is 0 Å². The Labute approximate surface area is 172 Å². The Morgan fingerprint density at radius 3 is 1.59 bits per heavy atom. The summed E-state index contributed by atoms with van der Waals surface area (Å²) >= 11 is 0. The highest BCUT2D eigenvalue weighted by Crippen LogP contribution is 2.40. The molecule has 1 heterocycles. The van der Waals surface area contributed by atoms with Crippen molar-refractivity contribution < 1.29 is 18.0 Å². The summed E-state index contributed by atoms with van der Waals surface area (Å²) in [6.45, 7) is 0.793. The number of rotatable bonds is 8. The third-order valence-electron chi connectivity index (χ3n) is 5.84. The van der Waals surface area contributed by atoms with Gasteiger partial charge in [0, 0.05) is 27.2 Å². The van der Waals surface area contributed by atoms with Gasteiger partial charge in [-0.25, -0.2) is 8.61 Å². The van der Waals surface area contributed by atoms with Crippen LogP contribution in [0.2, 0.25) is 0 Å². The van der Waals surface area contributed by atoms with Crippen LogP contribution in [-0.2, 0) is 19.8 Å². The molecule has 1 aromatic carbocycles. The summed E-state index contributed by atoms with van der Waals surface area (Å²) in [6.07, 6.45) is 4.47. The number of carbonyl (C=O) groups is 2. The maximum absolute atomic E-state index is 13.2. The lowest BCUT2D eigenvalue weighted by molar-refractivity contribution is -0.129. The first kappa shape index (κ1) is 20.0. The Hall–Kier alpha value is -2.29. The highest BCUT2D eigenvalue weighted by Gasteiger charge is 2.43. The van der Waals surface area contributed by atoms with Crippen molar-refractivity contribution in [3.63, 3.8) is 0 Å². The average molecular weight is 421 g/mol. The highest BCUT2D eigenvalue weighted by molar-refractivity contribution is 7.94. The van der Waals surface area contributed by atoms with Gasteiger partial charge in [0.15, 0.2) is 0 Å². The van der Waals surface area contributed by atoms with Crippen molar-refractivity contribution in [1.82, 2.24) is 9.80 Å². The van der Waals surface area contributed by atoms with E-state index < -0.39 is 10.2 Å². The van der Waals surface area contributed by atoms with Gasteiger partial charge < -0.3 is 9.80 Å². The standard InChI is InChI=1S/C20H28N4O4S/c1-21(11-15-7-8-15)19(25)13-23-17-5-3-4-6-18(17)24(29(23,27)28)14-20(26)22(2)12-16-9-10-16/h3-6,15-16H,7-14H2,1-2H3. The van der Waals surface area contributed by atoms with Crippen LogP contribution in [0.5, 0.6) is 0 Å². The molecule has 2 saturated carbocycles. The zero-order valence-corrected chi connectivity index (χ0v) is 17.8. The predicted molar refractivity (Wildman–Crippen MR) is 111 cm³/mol. The van der Waals surface area contributed by atoms with Crippen LogP contribution >= 0.6 is 0 Å². The Morgan fingerprint density at radius 1 is 0.862 bits per heavy atom. The molecule has 2 aliphatic carbocycles. The molecule has 1 aliphatic heterocycles. The molecule has 29 heavy (non-hydrogen) atoms. The maximum Gasteiger partial charge on any atom is 0.327 e. The Balaban J connectivity index is 1.52. The zero-order chi connectivity index (χ0) is 20.8. The van der Waals surface area contributed by atoms with Gasteiger partial charge in [-0.15, -0.1) is 0 Å². The first-order chi connectivity index (χ1) is 13.8. The largest absolute Gasteiger partial charge is 0.344 e. The molecule has 1 aromatic rings. The second-order valence-electron chi connectivity index (χ2n) is 8.45. The minimum atomic E-state index is -4.00. The first-order valence-corrected chi connectivity index (χ1v) is 11.5. The quantitative estimate of drug-likeness (QED) is 0.635. The third kappa shape index (κ3) is 4.19. The van der Waals surface area contributed by atoms with Crippen molar-refractivity contribution in [3.8, 4) is 0 Å². The lowest BCUT2D eigenvalue weighted by Gasteiger charge is -2.25. The minimum absolute atomic E-state index is 0.241. The normalized spacial score (nSPS) is 19.8. The molecule has 3 aliphatic rings. The number of para-hydroxylation sites is 2. The van der Waals surface area contributed by atoms with E-state index in [1.807, 2.05) is 0 Å². The smallest absolute Gasteiger partial charge is 0.327 e. The third-order valence-corrected chi connectivity index (χ3v) is 7.61. The Bertz CT molecular complexity index is 844. The van der Waals surface area contributed by atoms with Gasteiger partial charge in [-0.05, 0) is 49.7 Å². The van der Waals surface area contributed by atoms with Gasteiger partial charge in [0.25, 0.3) is 0 Å². The topological polar surface area (TPSA) is 81.2 Å². The molecule has 0 N–H and O–H groups in total. The molecule has 4 rings (SSSR count).